The number of rotatable bonds is 3. The fraction of sp³-hybridized carbons (Fsp3) is 0.208. The van der Waals surface area contributed by atoms with E-state index < -0.39 is 0 Å². The zero-order valence-electron chi connectivity index (χ0n) is 16.5. The van der Waals surface area contributed by atoms with Gasteiger partial charge in [-0.15, -0.1) is 5.11 Å². The maximum absolute atomic E-state index is 4.68. The average Bonchev–Trinajstić information content (AvgIpc) is 3.48. The van der Waals surface area contributed by atoms with Gasteiger partial charge in [0.05, 0.1) is 17.4 Å². The maximum atomic E-state index is 4.68. The van der Waals surface area contributed by atoms with Crippen LogP contribution >= 0.6 is 0 Å². The van der Waals surface area contributed by atoms with Gasteiger partial charge in [-0.25, -0.2) is 5.53 Å². The van der Waals surface area contributed by atoms with E-state index in [0.717, 1.165) is 30.5 Å². The van der Waals surface area contributed by atoms with Crippen LogP contribution in [-0.2, 0) is 12.8 Å². The lowest BCUT2D eigenvalue weighted by molar-refractivity contribution is 0.553. The van der Waals surface area contributed by atoms with E-state index in [1.54, 1.807) is 0 Å². The summed E-state index contributed by atoms with van der Waals surface area (Å²) >= 11 is 0. The quantitative estimate of drug-likeness (QED) is 0.685. The van der Waals surface area contributed by atoms with Crippen LogP contribution < -0.4 is 11.0 Å². The fourth-order valence-corrected chi connectivity index (χ4v) is 4.80. The van der Waals surface area contributed by atoms with Gasteiger partial charge in [-0.2, -0.15) is 5.43 Å². The van der Waals surface area contributed by atoms with Gasteiger partial charge in [-0.3, -0.25) is 4.98 Å². The summed E-state index contributed by atoms with van der Waals surface area (Å²) in [5.74, 6) is 0. The molecule has 0 saturated carbocycles. The first-order valence-corrected chi connectivity index (χ1v) is 10.4. The zero-order chi connectivity index (χ0) is 19.9. The number of benzene rings is 1. The molecule has 1 aromatic carbocycles. The molecule has 3 aliphatic rings. The number of fused-ring (bicyclic) bond motifs is 3. The largest absolute Gasteiger partial charge is 0.335 e. The predicted molar refractivity (Wildman–Crippen MR) is 116 cm³/mol. The summed E-state index contributed by atoms with van der Waals surface area (Å²) in [4.78, 5) is 4.68. The molecular weight excluding hydrogens is 372 g/mol. The summed E-state index contributed by atoms with van der Waals surface area (Å²) in [7, 11) is 0. The first-order chi connectivity index (χ1) is 14.9. The molecule has 0 radical (unpaired) electrons. The first-order valence-electron chi connectivity index (χ1n) is 10.4. The molecule has 6 rings (SSSR count). The van der Waals surface area contributed by atoms with Crippen LogP contribution in [0.1, 0.15) is 23.7 Å². The summed E-state index contributed by atoms with van der Waals surface area (Å²) in [5.41, 5.74) is 14.6. The Hall–Kier alpha value is -3.51. The Labute approximate surface area is 175 Å². The smallest absolute Gasteiger partial charge is 0.166 e. The van der Waals surface area contributed by atoms with Crippen molar-refractivity contribution >= 4 is 0 Å². The summed E-state index contributed by atoms with van der Waals surface area (Å²) < 4.78 is 2.50. The lowest BCUT2D eigenvalue weighted by atomic mass is 9.89. The van der Waals surface area contributed by atoms with Crippen LogP contribution in [0.4, 0.5) is 0 Å². The fourth-order valence-electron chi connectivity index (χ4n) is 4.80. The van der Waals surface area contributed by atoms with E-state index in [1.165, 1.54) is 28.1 Å². The monoisotopic (exact) mass is 394 g/mol. The molecule has 148 valence electrons. The molecule has 0 amide bonds. The van der Waals surface area contributed by atoms with E-state index in [-0.39, 0.29) is 12.2 Å². The minimum absolute atomic E-state index is 0.144. The molecule has 2 aliphatic carbocycles. The summed E-state index contributed by atoms with van der Waals surface area (Å²) in [6, 6.07) is 17.4. The lowest BCUT2D eigenvalue weighted by Gasteiger charge is -2.26. The van der Waals surface area contributed by atoms with Crippen molar-refractivity contribution in [2.45, 2.75) is 31.5 Å². The van der Waals surface area contributed by atoms with E-state index in [1.807, 2.05) is 12.3 Å². The zero-order valence-corrected chi connectivity index (χ0v) is 16.5. The third-order valence-corrected chi connectivity index (χ3v) is 6.15. The van der Waals surface area contributed by atoms with Gasteiger partial charge in [0.15, 0.2) is 6.17 Å². The van der Waals surface area contributed by atoms with Gasteiger partial charge in [-0.1, -0.05) is 53.8 Å². The first kappa shape index (κ1) is 17.4. The minimum atomic E-state index is -0.144. The van der Waals surface area contributed by atoms with E-state index in [4.69, 9.17) is 0 Å². The van der Waals surface area contributed by atoms with E-state index >= 15 is 0 Å². The molecule has 0 fully saturated rings. The van der Waals surface area contributed by atoms with Crippen LogP contribution in [0.25, 0.3) is 22.5 Å². The summed E-state index contributed by atoms with van der Waals surface area (Å²) in [6.45, 7) is 0. The number of allylic oxidation sites excluding steroid dienone is 2. The Kier molecular flexibility index (Phi) is 4.09. The number of hydrogen-bond donors (Lipinski definition) is 2. The molecule has 1 aliphatic heterocycles. The molecule has 6 nitrogen and oxygen atoms in total. The van der Waals surface area contributed by atoms with Gasteiger partial charge in [0.25, 0.3) is 0 Å². The Morgan fingerprint density at radius 3 is 2.80 bits per heavy atom. The molecule has 0 bridgehead atoms. The topological polar surface area (TPSA) is 66.6 Å². The third-order valence-electron chi connectivity index (χ3n) is 6.15. The molecule has 0 spiro atoms. The molecule has 0 saturated heterocycles. The van der Waals surface area contributed by atoms with Gasteiger partial charge < -0.3 is 4.57 Å². The standard InChI is InChI=1S/C24H22N6/c1-2-9-19-16(6-1)11-12-22-20(19)15-23(21-10-3-4-13-25-21)30(22)18-8-5-7-17(14-18)24-26-28-29-27-24/h1-7,9-10,13-15,18,24H,8,11-12H2,(H,26,29)(H,27,28). The molecule has 2 aromatic heterocycles. The van der Waals surface area contributed by atoms with E-state index in [0.29, 0.717) is 0 Å². The van der Waals surface area contributed by atoms with Crippen LogP contribution in [0.15, 0.2) is 88.9 Å². The number of aryl methyl sites for hydroxylation is 1. The highest BCUT2D eigenvalue weighted by molar-refractivity contribution is 5.78. The van der Waals surface area contributed by atoms with Gasteiger partial charge >= 0.3 is 0 Å². The minimum Gasteiger partial charge on any atom is -0.335 e. The van der Waals surface area contributed by atoms with Crippen molar-refractivity contribution in [3.05, 3.63) is 89.8 Å². The number of pyridine rings is 1. The lowest BCUT2D eigenvalue weighted by Crippen LogP contribution is -2.32. The molecular formula is C24H22N6. The van der Waals surface area contributed by atoms with Crippen molar-refractivity contribution in [3.63, 3.8) is 0 Å². The highest BCUT2D eigenvalue weighted by atomic mass is 15.7. The molecule has 3 heterocycles. The second-order valence-electron chi connectivity index (χ2n) is 7.88. The number of hydrazine groups is 1. The van der Waals surface area contributed by atoms with Crippen LogP contribution in [0.3, 0.4) is 0 Å². The molecule has 30 heavy (non-hydrogen) atoms. The molecule has 2 atom stereocenters. The summed E-state index contributed by atoms with van der Waals surface area (Å²) in [6.07, 6.45) is 11.5. The molecule has 3 aromatic rings. The Bertz CT molecular complexity index is 1190. The predicted octanol–water partition coefficient (Wildman–Crippen LogP) is 4.54. The van der Waals surface area contributed by atoms with Crippen molar-refractivity contribution in [2.75, 3.05) is 0 Å². The van der Waals surface area contributed by atoms with Crippen molar-refractivity contribution in [3.8, 4) is 22.5 Å². The SMILES string of the molecule is C1=CC(C2N=NNN2)=CC(n2c(-c3ccccn3)cc3c2CCc2ccccc2-3)C1. The van der Waals surface area contributed by atoms with Crippen LogP contribution in [0, 0.1) is 0 Å². The van der Waals surface area contributed by atoms with Gasteiger partial charge in [0, 0.05) is 17.5 Å². The second-order valence-corrected chi connectivity index (χ2v) is 7.88. The average molecular weight is 394 g/mol. The highest BCUT2D eigenvalue weighted by Gasteiger charge is 2.28. The number of hydrogen-bond acceptors (Lipinski definition) is 5. The van der Waals surface area contributed by atoms with Crippen molar-refractivity contribution in [2.24, 2.45) is 10.3 Å². The van der Waals surface area contributed by atoms with Crippen LogP contribution in [0.5, 0.6) is 0 Å². The highest BCUT2D eigenvalue weighted by Crippen LogP contribution is 2.41. The Balaban J connectivity index is 1.52. The normalized spacial score (nSPS) is 21.7. The second kappa shape index (κ2) is 7.07. The number of nitrogens with zero attached hydrogens (tertiary/aromatic N) is 4. The Morgan fingerprint density at radius 2 is 1.93 bits per heavy atom. The third kappa shape index (κ3) is 2.80. The maximum Gasteiger partial charge on any atom is 0.166 e. The molecule has 6 heteroatoms. The van der Waals surface area contributed by atoms with E-state index in [9.17, 15) is 0 Å². The molecule has 2 N–H and O–H groups in total. The van der Waals surface area contributed by atoms with Crippen LogP contribution in [-0.4, -0.2) is 15.7 Å². The van der Waals surface area contributed by atoms with Crippen molar-refractivity contribution in [1.82, 2.24) is 20.5 Å². The number of aromatic nitrogens is 2. The van der Waals surface area contributed by atoms with Gasteiger partial charge in [-0.05, 0) is 54.2 Å². The number of nitrogens with one attached hydrogen (secondary N) is 2. The van der Waals surface area contributed by atoms with E-state index in [2.05, 4.69) is 91.5 Å². The van der Waals surface area contributed by atoms with Crippen LogP contribution in [0.2, 0.25) is 0 Å². The Morgan fingerprint density at radius 1 is 1.00 bits per heavy atom. The van der Waals surface area contributed by atoms with Crippen molar-refractivity contribution in [1.29, 1.82) is 0 Å². The van der Waals surface area contributed by atoms with Gasteiger partial charge in [0.1, 0.15) is 0 Å². The van der Waals surface area contributed by atoms with Crippen molar-refractivity contribution < 1.29 is 0 Å². The summed E-state index contributed by atoms with van der Waals surface area (Å²) in [5, 5.41) is 8.10. The molecule has 2 unspecified atom stereocenters. The van der Waals surface area contributed by atoms with Gasteiger partial charge in [0.2, 0.25) is 0 Å².